The molecular weight excluding hydrogens is 340 g/mol. The van der Waals surface area contributed by atoms with Gasteiger partial charge >= 0.3 is 12.1 Å². The van der Waals surface area contributed by atoms with Crippen molar-refractivity contribution in [3.8, 4) is 5.75 Å². The molecule has 0 saturated heterocycles. The van der Waals surface area contributed by atoms with Gasteiger partial charge in [0.25, 0.3) is 5.69 Å². The molecule has 0 aliphatic heterocycles. The van der Waals surface area contributed by atoms with Crippen LogP contribution in [0, 0.1) is 20.4 Å². The molecule has 0 bridgehead atoms. The van der Waals surface area contributed by atoms with Gasteiger partial charge in [0.1, 0.15) is 12.4 Å². The smallest absolute Gasteiger partial charge is 0.425 e. The van der Waals surface area contributed by atoms with Gasteiger partial charge < -0.3 is 19.0 Å². The van der Waals surface area contributed by atoms with Gasteiger partial charge in [-0.15, -0.1) is 4.91 Å². The molecule has 1 unspecified atom stereocenters. The van der Waals surface area contributed by atoms with E-state index in [1.807, 2.05) is 0 Å². The van der Waals surface area contributed by atoms with Crippen molar-refractivity contribution in [1.82, 2.24) is 0 Å². The average Bonchev–Trinajstić information content (AvgIpc) is 2.53. The molecule has 1 aromatic rings. The number of nitrogens with zero attached hydrogens (tertiary/aromatic N) is 2. The molecule has 11 nitrogen and oxygen atoms in total. The number of nitro groups is 1. The first-order valence-electron chi connectivity index (χ1n) is 6.94. The van der Waals surface area contributed by atoms with Crippen molar-refractivity contribution < 1.29 is 33.6 Å². The van der Waals surface area contributed by atoms with Crippen LogP contribution in [0.4, 0.5) is 10.5 Å². The van der Waals surface area contributed by atoms with Gasteiger partial charge in [0.2, 0.25) is 6.29 Å². The molecule has 0 aliphatic carbocycles. The Morgan fingerprint density at radius 3 is 2.36 bits per heavy atom. The Hall–Kier alpha value is -3.24. The zero-order valence-corrected chi connectivity index (χ0v) is 13.7. The van der Waals surface area contributed by atoms with Gasteiger partial charge in [-0.2, -0.15) is 0 Å². The van der Waals surface area contributed by atoms with Crippen molar-refractivity contribution in [3.63, 3.8) is 0 Å². The van der Waals surface area contributed by atoms with Crippen molar-refractivity contribution in [2.24, 2.45) is 10.8 Å². The summed E-state index contributed by atoms with van der Waals surface area (Å²) in [6.07, 6.45) is -2.45. The Balaban J connectivity index is 2.51. The summed E-state index contributed by atoms with van der Waals surface area (Å²) in [4.78, 5) is 47.6. The quantitative estimate of drug-likeness (QED) is 0.171. The highest BCUT2D eigenvalue weighted by molar-refractivity contribution is 5.76. The molecule has 1 atom stereocenters. The molecule has 1 rings (SSSR count). The molecular formula is C14H16N2O9. The summed E-state index contributed by atoms with van der Waals surface area (Å²) >= 11 is 0. The van der Waals surface area contributed by atoms with E-state index in [1.54, 1.807) is 0 Å². The number of hydrogen-bond acceptors (Lipinski definition) is 10. The number of ether oxygens (including phenoxy) is 3. The fourth-order valence-electron chi connectivity index (χ4n) is 1.47. The Morgan fingerprint density at radius 1 is 1.24 bits per heavy atom. The number of rotatable bonds is 8. The monoisotopic (exact) mass is 356 g/mol. The first-order chi connectivity index (χ1) is 11.7. The minimum atomic E-state index is -1.28. The van der Waals surface area contributed by atoms with Crippen molar-refractivity contribution >= 4 is 17.8 Å². The Bertz CT molecular complexity index is 642. The summed E-state index contributed by atoms with van der Waals surface area (Å²) in [5, 5.41) is 12.7. The zero-order chi connectivity index (χ0) is 19.0. The molecule has 1 aromatic carbocycles. The minimum Gasteiger partial charge on any atom is -0.425 e. The molecule has 0 aliphatic rings. The van der Waals surface area contributed by atoms with Crippen LogP contribution in [-0.2, 0) is 19.1 Å². The summed E-state index contributed by atoms with van der Waals surface area (Å²) in [5.41, 5.74) is -1.36. The number of hydrogen-bond donors (Lipinski definition) is 0. The number of carbonyl (C=O) groups is 2. The predicted octanol–water partition coefficient (Wildman–Crippen LogP) is 2.72. The van der Waals surface area contributed by atoms with E-state index >= 15 is 0 Å². The minimum absolute atomic E-state index is 0.0138. The molecule has 0 saturated carbocycles. The molecule has 0 radical (unpaired) electrons. The van der Waals surface area contributed by atoms with Crippen molar-refractivity contribution in [1.29, 1.82) is 0 Å². The van der Waals surface area contributed by atoms with Crippen LogP contribution in [0.2, 0.25) is 0 Å². The SMILES string of the molecule is CC(OC(=O)Oc1ccc([N+](=O)[O-])cc1)OC(=O)C(C)(C)CON=O. The Kier molecular flexibility index (Phi) is 6.79. The van der Waals surface area contributed by atoms with Crippen LogP contribution < -0.4 is 4.74 Å². The summed E-state index contributed by atoms with van der Waals surface area (Å²) in [5.74, 6) is -0.772. The van der Waals surface area contributed by atoms with Crippen LogP contribution in [0.3, 0.4) is 0 Å². The maximum absolute atomic E-state index is 11.9. The normalized spacial score (nSPS) is 11.8. The van der Waals surface area contributed by atoms with Crippen molar-refractivity contribution in [3.05, 3.63) is 39.3 Å². The van der Waals surface area contributed by atoms with Gasteiger partial charge in [-0.1, -0.05) is 0 Å². The number of nitro benzene ring substituents is 1. The van der Waals surface area contributed by atoms with Gasteiger partial charge in [-0.05, 0) is 26.0 Å². The van der Waals surface area contributed by atoms with Crippen LogP contribution >= 0.6 is 0 Å². The number of benzene rings is 1. The van der Waals surface area contributed by atoms with Crippen LogP contribution in [0.5, 0.6) is 5.75 Å². The highest BCUT2D eigenvalue weighted by Crippen LogP contribution is 2.20. The lowest BCUT2D eigenvalue weighted by molar-refractivity contribution is -0.384. The third-order valence-corrected chi connectivity index (χ3v) is 2.81. The molecule has 0 amide bonds. The van der Waals surface area contributed by atoms with Gasteiger partial charge in [-0.3, -0.25) is 14.9 Å². The molecule has 25 heavy (non-hydrogen) atoms. The molecule has 0 aromatic heterocycles. The van der Waals surface area contributed by atoms with Crippen LogP contribution in [0.15, 0.2) is 29.6 Å². The standard InChI is InChI=1S/C14H16N2O9/c1-9(23-12(17)14(2,3)8-22-15-19)24-13(18)25-11-6-4-10(5-7-11)16(20)21/h4-7,9H,8H2,1-3H3. The summed E-state index contributed by atoms with van der Waals surface area (Å²) in [7, 11) is 0. The topological polar surface area (TPSA) is 144 Å². The first kappa shape index (κ1) is 19.8. The van der Waals surface area contributed by atoms with E-state index in [0.29, 0.717) is 0 Å². The summed E-state index contributed by atoms with van der Waals surface area (Å²) < 4.78 is 14.4. The van der Waals surface area contributed by atoms with E-state index in [2.05, 4.69) is 10.2 Å². The van der Waals surface area contributed by atoms with Crippen LogP contribution in [0.1, 0.15) is 20.8 Å². The van der Waals surface area contributed by atoms with E-state index in [1.165, 1.54) is 32.9 Å². The lowest BCUT2D eigenvalue weighted by Gasteiger charge is -2.22. The lowest BCUT2D eigenvalue weighted by atomic mass is 9.95. The largest absolute Gasteiger partial charge is 0.516 e. The molecule has 0 heterocycles. The number of non-ortho nitro benzene ring substituents is 1. The number of carbonyl (C=O) groups excluding carboxylic acids is 2. The highest BCUT2D eigenvalue weighted by atomic mass is 16.8. The molecule has 0 fully saturated rings. The van der Waals surface area contributed by atoms with Gasteiger partial charge in [0.05, 0.1) is 10.3 Å². The molecule has 0 N–H and O–H groups in total. The Morgan fingerprint density at radius 2 is 1.84 bits per heavy atom. The van der Waals surface area contributed by atoms with Crippen molar-refractivity contribution in [2.75, 3.05) is 6.61 Å². The summed E-state index contributed by atoms with van der Waals surface area (Å²) in [6, 6.07) is 4.72. The van der Waals surface area contributed by atoms with E-state index in [0.717, 1.165) is 12.1 Å². The lowest BCUT2D eigenvalue weighted by Crippen LogP contribution is -2.35. The van der Waals surface area contributed by atoms with Gasteiger partial charge in [-0.25, -0.2) is 4.79 Å². The maximum atomic E-state index is 11.9. The second-order valence-corrected chi connectivity index (χ2v) is 5.43. The Labute approximate surface area is 141 Å². The van der Waals surface area contributed by atoms with Gasteiger partial charge in [0, 0.05) is 19.1 Å². The number of esters is 1. The highest BCUT2D eigenvalue weighted by Gasteiger charge is 2.33. The van der Waals surface area contributed by atoms with Crippen LogP contribution in [0.25, 0.3) is 0 Å². The van der Waals surface area contributed by atoms with Crippen molar-refractivity contribution in [2.45, 2.75) is 27.1 Å². The van der Waals surface area contributed by atoms with E-state index < -0.39 is 28.8 Å². The molecule has 11 heteroatoms. The fourth-order valence-corrected chi connectivity index (χ4v) is 1.47. The second kappa shape index (κ2) is 8.57. The molecule has 0 spiro atoms. The predicted molar refractivity (Wildman–Crippen MR) is 81.3 cm³/mol. The van der Waals surface area contributed by atoms with E-state index in [-0.39, 0.29) is 18.0 Å². The van der Waals surface area contributed by atoms with E-state index in [4.69, 9.17) is 14.2 Å². The zero-order valence-electron chi connectivity index (χ0n) is 13.7. The maximum Gasteiger partial charge on any atom is 0.516 e. The summed E-state index contributed by atoms with van der Waals surface area (Å²) in [6.45, 7) is 3.87. The third kappa shape index (κ3) is 6.41. The van der Waals surface area contributed by atoms with Crippen LogP contribution in [-0.4, -0.2) is 29.9 Å². The van der Waals surface area contributed by atoms with Gasteiger partial charge in [0.15, 0.2) is 5.34 Å². The second-order valence-electron chi connectivity index (χ2n) is 5.43. The molecule has 136 valence electrons. The third-order valence-electron chi connectivity index (χ3n) is 2.81. The van der Waals surface area contributed by atoms with E-state index in [9.17, 15) is 24.6 Å². The first-order valence-corrected chi connectivity index (χ1v) is 6.94. The average molecular weight is 356 g/mol. The fraction of sp³-hybridized carbons (Fsp3) is 0.429.